The number of likely N-dealkylation sites (tertiary alicyclic amines) is 1. The molecule has 188 valence electrons. The van der Waals surface area contributed by atoms with Crippen molar-refractivity contribution in [2.45, 2.75) is 45.1 Å². The van der Waals surface area contributed by atoms with Crippen LogP contribution in [0, 0.1) is 29.3 Å². The maximum absolute atomic E-state index is 14.1. The summed E-state index contributed by atoms with van der Waals surface area (Å²) in [5.41, 5.74) is -1.98. The monoisotopic (exact) mass is 482 g/mol. The van der Waals surface area contributed by atoms with E-state index in [0.717, 1.165) is 12.5 Å². The van der Waals surface area contributed by atoms with Gasteiger partial charge in [0.15, 0.2) is 11.6 Å². The molecule has 0 bridgehead atoms. The van der Waals surface area contributed by atoms with Gasteiger partial charge in [-0.2, -0.15) is 0 Å². The van der Waals surface area contributed by atoms with Crippen LogP contribution in [0.3, 0.4) is 0 Å². The summed E-state index contributed by atoms with van der Waals surface area (Å²) in [6.07, 6.45) is 1.94. The fourth-order valence-electron chi connectivity index (χ4n) is 4.77. The van der Waals surface area contributed by atoms with Crippen LogP contribution in [0.1, 0.15) is 49.9 Å². The molecule has 1 aromatic rings. The average molecular weight is 483 g/mol. The quantitative estimate of drug-likeness (QED) is 0.456. The van der Waals surface area contributed by atoms with Gasteiger partial charge in [-0.3, -0.25) is 14.5 Å². The summed E-state index contributed by atoms with van der Waals surface area (Å²) in [5, 5.41) is 2.96. The highest BCUT2D eigenvalue weighted by Gasteiger charge is 2.55. The number of carbonyl (C=O) groups excluding carboxylic acids is 3. The summed E-state index contributed by atoms with van der Waals surface area (Å²) in [6.45, 7) is 5.18. The Hall–Kier alpha value is -2.62. The fraction of sp³-hybridized carbons (Fsp3) is 0.625. The predicted molar refractivity (Wildman–Crippen MR) is 121 cm³/mol. The van der Waals surface area contributed by atoms with Crippen molar-refractivity contribution in [3.8, 4) is 0 Å². The Balaban J connectivity index is 1.78. The number of nitrogens with zero attached hydrogens (tertiary/aromatic N) is 3. The minimum atomic E-state index is -1.50. The Bertz CT molecular complexity index is 948. The second-order valence-electron chi connectivity index (χ2n) is 9.88. The molecule has 0 spiro atoms. The number of urea groups is 1. The zero-order chi connectivity index (χ0) is 25.2. The topological polar surface area (TPSA) is 73.0 Å². The van der Waals surface area contributed by atoms with Crippen molar-refractivity contribution in [2.75, 3.05) is 40.3 Å². The maximum Gasteiger partial charge on any atom is 0.325 e. The molecule has 1 atom stereocenters. The van der Waals surface area contributed by atoms with E-state index in [1.54, 1.807) is 0 Å². The summed E-state index contributed by atoms with van der Waals surface area (Å²) in [4.78, 5) is 43.5. The third-order valence-corrected chi connectivity index (χ3v) is 6.83. The van der Waals surface area contributed by atoms with E-state index < -0.39 is 40.5 Å². The van der Waals surface area contributed by atoms with Crippen molar-refractivity contribution in [3.63, 3.8) is 0 Å². The lowest BCUT2D eigenvalue weighted by atomic mass is 9.73. The van der Waals surface area contributed by atoms with E-state index in [1.807, 2.05) is 32.8 Å². The highest BCUT2D eigenvalue weighted by Crippen LogP contribution is 2.38. The van der Waals surface area contributed by atoms with Crippen molar-refractivity contribution in [1.82, 2.24) is 20.0 Å². The van der Waals surface area contributed by atoms with Crippen LogP contribution in [0.5, 0.6) is 0 Å². The second-order valence-corrected chi connectivity index (χ2v) is 9.88. The first-order valence-electron chi connectivity index (χ1n) is 11.7. The van der Waals surface area contributed by atoms with E-state index >= 15 is 0 Å². The maximum atomic E-state index is 14.1. The highest BCUT2D eigenvalue weighted by molar-refractivity contribution is 6.07. The van der Waals surface area contributed by atoms with Gasteiger partial charge in [0.25, 0.3) is 11.8 Å². The van der Waals surface area contributed by atoms with E-state index in [-0.39, 0.29) is 31.5 Å². The Morgan fingerprint density at radius 2 is 1.76 bits per heavy atom. The van der Waals surface area contributed by atoms with Crippen molar-refractivity contribution in [2.24, 2.45) is 11.8 Å². The molecule has 34 heavy (non-hydrogen) atoms. The number of halogens is 3. The molecular formula is C24H33F3N4O3. The largest absolute Gasteiger partial charge is 0.338 e. The van der Waals surface area contributed by atoms with Crippen LogP contribution in [0.4, 0.5) is 18.0 Å². The van der Waals surface area contributed by atoms with E-state index in [9.17, 15) is 27.6 Å². The van der Waals surface area contributed by atoms with Crippen LogP contribution in [0.15, 0.2) is 12.1 Å². The molecule has 1 unspecified atom stereocenters. The molecule has 0 aromatic heterocycles. The minimum Gasteiger partial charge on any atom is -0.338 e. The third-order valence-electron chi connectivity index (χ3n) is 6.83. The van der Waals surface area contributed by atoms with Crippen LogP contribution < -0.4 is 5.32 Å². The van der Waals surface area contributed by atoms with Crippen LogP contribution in [0.2, 0.25) is 0 Å². The molecule has 0 saturated carbocycles. The molecule has 0 radical (unpaired) electrons. The number of piperidine rings is 1. The van der Waals surface area contributed by atoms with Gasteiger partial charge < -0.3 is 15.1 Å². The predicted octanol–water partition coefficient (Wildman–Crippen LogP) is 3.24. The number of hydrogen-bond acceptors (Lipinski definition) is 4. The first kappa shape index (κ1) is 26.0. The molecule has 2 fully saturated rings. The van der Waals surface area contributed by atoms with Gasteiger partial charge in [-0.05, 0) is 63.7 Å². The zero-order valence-electron chi connectivity index (χ0n) is 20.2. The molecule has 7 nitrogen and oxygen atoms in total. The van der Waals surface area contributed by atoms with Gasteiger partial charge in [0.05, 0.1) is 0 Å². The lowest BCUT2D eigenvalue weighted by Crippen LogP contribution is -2.57. The van der Waals surface area contributed by atoms with Gasteiger partial charge in [-0.1, -0.05) is 13.8 Å². The first-order chi connectivity index (χ1) is 16.0. The molecule has 4 amide bonds. The standard InChI is InChI=1S/C24H33F3N4O3/c1-15(2)7-10-24(22(33)31(23(34)28-24)14-13-29(3)4)16-8-11-30(12-9-16)21(32)19-17(25)5-6-18(26)20(19)27/h5-6,15-16H,7-14H2,1-4H3,(H,28,34). The van der Waals surface area contributed by atoms with Gasteiger partial charge in [-0.25, -0.2) is 18.0 Å². The van der Waals surface area contributed by atoms with E-state index in [0.29, 0.717) is 37.8 Å². The van der Waals surface area contributed by atoms with Gasteiger partial charge in [-0.15, -0.1) is 0 Å². The second kappa shape index (κ2) is 10.3. The van der Waals surface area contributed by atoms with E-state index in [1.165, 1.54) is 9.80 Å². The lowest BCUT2D eigenvalue weighted by molar-refractivity contribution is -0.134. The van der Waals surface area contributed by atoms with E-state index in [2.05, 4.69) is 5.32 Å². The molecule has 2 heterocycles. The average Bonchev–Trinajstić information content (AvgIpc) is 3.03. The molecule has 0 aliphatic carbocycles. The molecule has 3 rings (SSSR count). The van der Waals surface area contributed by atoms with Crippen molar-refractivity contribution >= 4 is 17.8 Å². The Morgan fingerprint density at radius 3 is 2.35 bits per heavy atom. The number of imide groups is 1. The zero-order valence-corrected chi connectivity index (χ0v) is 20.2. The summed E-state index contributed by atoms with van der Waals surface area (Å²) in [6, 6.07) is 0.953. The number of benzene rings is 1. The molecule has 10 heteroatoms. The van der Waals surface area contributed by atoms with Crippen molar-refractivity contribution < 1.29 is 27.6 Å². The number of likely N-dealkylation sites (N-methyl/N-ethyl adjacent to an activating group) is 1. The molecule has 2 aliphatic heterocycles. The van der Waals surface area contributed by atoms with Gasteiger partial charge in [0.1, 0.15) is 16.9 Å². The highest BCUT2D eigenvalue weighted by atomic mass is 19.2. The van der Waals surface area contributed by atoms with Crippen LogP contribution in [0.25, 0.3) is 0 Å². The number of amides is 4. The summed E-state index contributed by atoms with van der Waals surface area (Å²) in [5.74, 6) is -5.00. The SMILES string of the molecule is CC(C)CCC1(C2CCN(C(=O)c3c(F)ccc(F)c3F)CC2)NC(=O)N(CCN(C)C)C1=O. The summed E-state index contributed by atoms with van der Waals surface area (Å²) in [7, 11) is 3.73. The molecule has 1 N–H and O–H groups in total. The molecule has 2 saturated heterocycles. The lowest BCUT2D eigenvalue weighted by Gasteiger charge is -2.41. The number of carbonyl (C=O) groups is 3. The summed E-state index contributed by atoms with van der Waals surface area (Å²) >= 11 is 0. The molecule has 1 aromatic carbocycles. The molecular weight excluding hydrogens is 449 g/mol. The Morgan fingerprint density at radius 1 is 1.15 bits per heavy atom. The van der Waals surface area contributed by atoms with Gasteiger partial charge in [0.2, 0.25) is 0 Å². The summed E-state index contributed by atoms with van der Waals surface area (Å²) < 4.78 is 41.8. The fourth-order valence-corrected chi connectivity index (χ4v) is 4.77. The third kappa shape index (κ3) is 5.06. The van der Waals surface area contributed by atoms with Crippen molar-refractivity contribution in [3.05, 3.63) is 35.1 Å². The number of nitrogens with one attached hydrogen (secondary N) is 1. The molecule has 2 aliphatic rings. The Kier molecular flexibility index (Phi) is 7.90. The van der Waals surface area contributed by atoms with Gasteiger partial charge in [0, 0.05) is 26.2 Å². The minimum absolute atomic E-state index is 0.142. The van der Waals surface area contributed by atoms with E-state index in [4.69, 9.17) is 0 Å². The van der Waals surface area contributed by atoms with Gasteiger partial charge >= 0.3 is 6.03 Å². The van der Waals surface area contributed by atoms with Crippen LogP contribution in [-0.2, 0) is 4.79 Å². The smallest absolute Gasteiger partial charge is 0.325 e. The van der Waals surface area contributed by atoms with Crippen LogP contribution in [-0.4, -0.2) is 78.4 Å². The number of hydrogen-bond donors (Lipinski definition) is 1. The number of rotatable bonds is 8. The first-order valence-corrected chi connectivity index (χ1v) is 11.7. The van der Waals surface area contributed by atoms with Crippen molar-refractivity contribution in [1.29, 1.82) is 0 Å². The van der Waals surface area contributed by atoms with Crippen LogP contribution >= 0.6 is 0 Å². The Labute approximate surface area is 198 Å². The normalized spacial score (nSPS) is 21.7.